The van der Waals surface area contributed by atoms with Gasteiger partial charge in [0.25, 0.3) is 0 Å². The molecule has 0 aromatic heterocycles. The Hall–Kier alpha value is -1.26. The molecule has 0 unspecified atom stereocenters. The van der Waals surface area contributed by atoms with Gasteiger partial charge in [0.15, 0.2) is 0 Å². The van der Waals surface area contributed by atoms with Crippen LogP contribution in [-0.2, 0) is 11.2 Å². The van der Waals surface area contributed by atoms with Crippen molar-refractivity contribution in [3.8, 4) is 0 Å². The highest BCUT2D eigenvalue weighted by Gasteiger charge is 2.16. The highest BCUT2D eigenvalue weighted by Crippen LogP contribution is 2.22. The van der Waals surface area contributed by atoms with Crippen molar-refractivity contribution in [2.75, 3.05) is 11.9 Å². The standard InChI is InChI=1S/C13H18ClNO3/c1-13(2,3)18-12(17)15-10-5-4-9(6-7-16)11(14)8-10/h4-5,8,16H,6-7H2,1-3H3,(H,15,17). The summed E-state index contributed by atoms with van der Waals surface area (Å²) in [4.78, 5) is 11.5. The van der Waals surface area contributed by atoms with E-state index in [0.29, 0.717) is 17.1 Å². The number of rotatable bonds is 3. The summed E-state index contributed by atoms with van der Waals surface area (Å²) < 4.78 is 5.13. The Balaban J connectivity index is 2.69. The average Bonchev–Trinajstić information content (AvgIpc) is 2.19. The van der Waals surface area contributed by atoms with E-state index in [4.69, 9.17) is 21.4 Å². The van der Waals surface area contributed by atoms with Crippen LogP contribution in [0.25, 0.3) is 0 Å². The zero-order valence-corrected chi connectivity index (χ0v) is 11.5. The van der Waals surface area contributed by atoms with Gasteiger partial charge in [-0.3, -0.25) is 5.32 Å². The third-order valence-electron chi connectivity index (χ3n) is 2.08. The largest absolute Gasteiger partial charge is 0.444 e. The SMILES string of the molecule is CC(C)(C)OC(=O)Nc1ccc(CCO)c(Cl)c1. The molecule has 0 bridgehead atoms. The van der Waals surface area contributed by atoms with Gasteiger partial charge in [0.1, 0.15) is 5.60 Å². The minimum absolute atomic E-state index is 0.0402. The summed E-state index contributed by atoms with van der Waals surface area (Å²) in [5, 5.41) is 12.0. The summed E-state index contributed by atoms with van der Waals surface area (Å²) in [5.74, 6) is 0. The molecule has 0 aliphatic carbocycles. The van der Waals surface area contributed by atoms with Crippen molar-refractivity contribution < 1.29 is 14.6 Å². The maximum absolute atomic E-state index is 11.5. The number of anilines is 1. The van der Waals surface area contributed by atoms with Crippen LogP contribution in [0.5, 0.6) is 0 Å². The highest BCUT2D eigenvalue weighted by atomic mass is 35.5. The van der Waals surface area contributed by atoms with Crippen molar-refractivity contribution in [1.82, 2.24) is 0 Å². The van der Waals surface area contributed by atoms with E-state index in [0.717, 1.165) is 5.56 Å². The molecular formula is C13H18ClNO3. The van der Waals surface area contributed by atoms with E-state index in [9.17, 15) is 4.79 Å². The monoisotopic (exact) mass is 271 g/mol. The molecule has 0 saturated heterocycles. The van der Waals surface area contributed by atoms with E-state index in [-0.39, 0.29) is 6.61 Å². The Kier molecular flexibility index (Phi) is 4.99. The van der Waals surface area contributed by atoms with E-state index < -0.39 is 11.7 Å². The van der Waals surface area contributed by atoms with Crippen LogP contribution in [0.15, 0.2) is 18.2 Å². The van der Waals surface area contributed by atoms with Crippen molar-refractivity contribution in [1.29, 1.82) is 0 Å². The number of aliphatic hydroxyl groups excluding tert-OH is 1. The lowest BCUT2D eigenvalue weighted by Gasteiger charge is -2.19. The molecule has 0 aliphatic rings. The number of amides is 1. The lowest BCUT2D eigenvalue weighted by molar-refractivity contribution is 0.0636. The molecule has 100 valence electrons. The normalized spacial score (nSPS) is 11.2. The van der Waals surface area contributed by atoms with E-state index in [1.165, 1.54) is 0 Å². The molecule has 18 heavy (non-hydrogen) atoms. The number of aliphatic hydroxyl groups is 1. The van der Waals surface area contributed by atoms with Crippen LogP contribution in [0.4, 0.5) is 10.5 Å². The fourth-order valence-electron chi connectivity index (χ4n) is 1.37. The number of halogens is 1. The van der Waals surface area contributed by atoms with Gasteiger partial charge in [-0.25, -0.2) is 4.79 Å². The van der Waals surface area contributed by atoms with Crippen molar-refractivity contribution in [2.24, 2.45) is 0 Å². The zero-order chi connectivity index (χ0) is 13.8. The molecule has 0 fully saturated rings. The minimum Gasteiger partial charge on any atom is -0.444 e. The fourth-order valence-corrected chi connectivity index (χ4v) is 1.64. The molecule has 0 radical (unpaired) electrons. The predicted octanol–water partition coefficient (Wildman–Crippen LogP) is 3.22. The molecule has 1 rings (SSSR count). The van der Waals surface area contributed by atoms with Crippen molar-refractivity contribution in [2.45, 2.75) is 32.8 Å². The van der Waals surface area contributed by atoms with Gasteiger partial charge in [0, 0.05) is 17.3 Å². The quantitative estimate of drug-likeness (QED) is 0.887. The number of carbonyl (C=O) groups is 1. The Labute approximate surface area is 112 Å². The maximum atomic E-state index is 11.5. The van der Waals surface area contributed by atoms with Gasteiger partial charge in [-0.05, 0) is 44.9 Å². The number of benzene rings is 1. The Morgan fingerprint density at radius 3 is 2.61 bits per heavy atom. The molecule has 1 aromatic rings. The number of carbonyl (C=O) groups excluding carboxylic acids is 1. The van der Waals surface area contributed by atoms with Crippen LogP contribution in [0.1, 0.15) is 26.3 Å². The molecule has 0 heterocycles. The van der Waals surface area contributed by atoms with Gasteiger partial charge in [0.05, 0.1) is 0 Å². The van der Waals surface area contributed by atoms with E-state index in [2.05, 4.69) is 5.32 Å². The number of nitrogens with one attached hydrogen (secondary N) is 1. The van der Waals surface area contributed by atoms with Crippen LogP contribution in [0.2, 0.25) is 5.02 Å². The molecule has 2 N–H and O–H groups in total. The van der Waals surface area contributed by atoms with Crippen LogP contribution in [-0.4, -0.2) is 23.4 Å². The molecule has 0 spiro atoms. The van der Waals surface area contributed by atoms with E-state index in [1.807, 2.05) is 0 Å². The summed E-state index contributed by atoms with van der Waals surface area (Å²) in [5.41, 5.74) is 0.870. The first-order valence-corrected chi connectivity index (χ1v) is 6.09. The molecule has 0 atom stereocenters. The van der Waals surface area contributed by atoms with Crippen LogP contribution in [0, 0.1) is 0 Å². The van der Waals surface area contributed by atoms with Crippen LogP contribution >= 0.6 is 11.6 Å². The van der Waals surface area contributed by atoms with E-state index >= 15 is 0 Å². The first kappa shape index (κ1) is 14.8. The molecular weight excluding hydrogens is 254 g/mol. The van der Waals surface area contributed by atoms with Gasteiger partial charge in [-0.15, -0.1) is 0 Å². The van der Waals surface area contributed by atoms with Crippen LogP contribution in [0.3, 0.4) is 0 Å². The first-order chi connectivity index (χ1) is 8.31. The summed E-state index contributed by atoms with van der Waals surface area (Å²) in [6.45, 7) is 5.43. The third kappa shape index (κ3) is 4.94. The number of ether oxygens (including phenoxy) is 1. The molecule has 0 saturated carbocycles. The van der Waals surface area contributed by atoms with Gasteiger partial charge < -0.3 is 9.84 Å². The molecule has 1 aromatic carbocycles. The van der Waals surface area contributed by atoms with Crippen molar-refractivity contribution in [3.05, 3.63) is 28.8 Å². The van der Waals surface area contributed by atoms with Gasteiger partial charge >= 0.3 is 6.09 Å². The summed E-state index contributed by atoms with van der Waals surface area (Å²) >= 11 is 6.02. The van der Waals surface area contributed by atoms with Crippen LogP contribution < -0.4 is 5.32 Å². The van der Waals surface area contributed by atoms with Crippen molar-refractivity contribution in [3.63, 3.8) is 0 Å². The Morgan fingerprint density at radius 2 is 2.11 bits per heavy atom. The minimum atomic E-state index is -0.537. The lowest BCUT2D eigenvalue weighted by atomic mass is 10.1. The molecule has 1 amide bonds. The second-order valence-electron chi connectivity index (χ2n) is 4.91. The number of hydrogen-bond donors (Lipinski definition) is 2. The second kappa shape index (κ2) is 6.07. The first-order valence-electron chi connectivity index (χ1n) is 5.71. The summed E-state index contributed by atoms with van der Waals surface area (Å²) in [6.07, 6.45) is -0.0283. The predicted molar refractivity (Wildman–Crippen MR) is 72.1 cm³/mol. The summed E-state index contributed by atoms with van der Waals surface area (Å²) in [6, 6.07) is 5.13. The van der Waals surface area contributed by atoms with Gasteiger partial charge in [0.2, 0.25) is 0 Å². The van der Waals surface area contributed by atoms with Gasteiger partial charge in [-0.1, -0.05) is 17.7 Å². The molecule has 0 aliphatic heterocycles. The average molecular weight is 272 g/mol. The fraction of sp³-hybridized carbons (Fsp3) is 0.462. The summed E-state index contributed by atoms with van der Waals surface area (Å²) in [7, 11) is 0. The zero-order valence-electron chi connectivity index (χ0n) is 10.8. The smallest absolute Gasteiger partial charge is 0.412 e. The lowest BCUT2D eigenvalue weighted by Crippen LogP contribution is -2.27. The topological polar surface area (TPSA) is 58.6 Å². The van der Waals surface area contributed by atoms with Crippen molar-refractivity contribution >= 4 is 23.4 Å². The van der Waals surface area contributed by atoms with Gasteiger partial charge in [-0.2, -0.15) is 0 Å². The molecule has 4 nitrogen and oxygen atoms in total. The highest BCUT2D eigenvalue weighted by molar-refractivity contribution is 6.31. The molecule has 5 heteroatoms. The maximum Gasteiger partial charge on any atom is 0.412 e. The third-order valence-corrected chi connectivity index (χ3v) is 2.43. The van der Waals surface area contributed by atoms with E-state index in [1.54, 1.807) is 39.0 Å². The second-order valence-corrected chi connectivity index (χ2v) is 5.31. The Bertz CT molecular complexity index is 427. The number of hydrogen-bond acceptors (Lipinski definition) is 3. The Morgan fingerprint density at radius 1 is 1.44 bits per heavy atom.